The topological polar surface area (TPSA) is 70.1 Å². The van der Waals surface area contributed by atoms with Crippen molar-refractivity contribution in [3.8, 4) is 0 Å². The molecule has 2 fully saturated rings. The van der Waals surface area contributed by atoms with E-state index in [-0.39, 0.29) is 5.91 Å². The van der Waals surface area contributed by atoms with Crippen LogP contribution in [0.5, 0.6) is 0 Å². The van der Waals surface area contributed by atoms with E-state index in [0.29, 0.717) is 18.5 Å². The van der Waals surface area contributed by atoms with Gasteiger partial charge < -0.3 is 19.6 Å². The Kier molecular flexibility index (Phi) is 4.29. The van der Waals surface area contributed by atoms with Crippen LogP contribution in [0.1, 0.15) is 23.2 Å². The first-order chi connectivity index (χ1) is 10.7. The van der Waals surface area contributed by atoms with Crippen molar-refractivity contribution in [1.29, 1.82) is 0 Å². The highest BCUT2D eigenvalue weighted by molar-refractivity contribution is 5.97. The van der Waals surface area contributed by atoms with Crippen molar-refractivity contribution >= 4 is 17.6 Å². The van der Waals surface area contributed by atoms with Crippen molar-refractivity contribution in [2.75, 3.05) is 37.7 Å². The molecule has 0 radical (unpaired) electrons. The molecule has 1 aromatic rings. The second kappa shape index (κ2) is 6.36. The minimum absolute atomic E-state index is 0.196. The van der Waals surface area contributed by atoms with Gasteiger partial charge in [-0.25, -0.2) is 4.79 Å². The molecule has 1 amide bonds. The zero-order chi connectivity index (χ0) is 15.5. The molecule has 0 saturated carbocycles. The predicted octanol–water partition coefficient (Wildman–Crippen LogP) is 1.21. The van der Waals surface area contributed by atoms with Gasteiger partial charge in [0.25, 0.3) is 5.91 Å². The van der Waals surface area contributed by atoms with E-state index in [1.807, 2.05) is 12.1 Å². The van der Waals surface area contributed by atoms with Crippen molar-refractivity contribution in [1.82, 2.24) is 4.90 Å². The van der Waals surface area contributed by atoms with Crippen molar-refractivity contribution in [2.24, 2.45) is 0 Å². The summed E-state index contributed by atoms with van der Waals surface area (Å²) in [7, 11) is 0. The smallest absolute Gasteiger partial charge is 0.326 e. The first-order valence-corrected chi connectivity index (χ1v) is 7.63. The average Bonchev–Trinajstić information content (AvgIpc) is 3.05. The minimum Gasteiger partial charge on any atom is -0.480 e. The van der Waals surface area contributed by atoms with Gasteiger partial charge in [-0.05, 0) is 37.1 Å². The maximum absolute atomic E-state index is 12.5. The standard InChI is InChI=1S/C16H20N2O4/c19-15(18-7-1-2-14(18)16(20)21)12-3-5-13(6-4-12)17-8-10-22-11-9-17/h3-6,14H,1-2,7-11H2,(H,20,21). The Bertz CT molecular complexity index is 552. The number of anilines is 1. The van der Waals surface area contributed by atoms with Gasteiger partial charge in [-0.1, -0.05) is 0 Å². The van der Waals surface area contributed by atoms with Crippen LogP contribution < -0.4 is 4.90 Å². The van der Waals surface area contributed by atoms with Gasteiger partial charge in [-0.2, -0.15) is 0 Å². The molecule has 1 aromatic carbocycles. The normalized spacial score (nSPS) is 21.9. The summed E-state index contributed by atoms with van der Waals surface area (Å²) < 4.78 is 5.33. The Hall–Kier alpha value is -2.08. The van der Waals surface area contributed by atoms with Crippen LogP contribution in [-0.4, -0.2) is 60.8 Å². The fourth-order valence-electron chi connectivity index (χ4n) is 3.07. The summed E-state index contributed by atoms with van der Waals surface area (Å²) >= 11 is 0. The summed E-state index contributed by atoms with van der Waals surface area (Å²) in [6.45, 7) is 3.64. The second-order valence-corrected chi connectivity index (χ2v) is 5.64. The average molecular weight is 304 g/mol. The van der Waals surface area contributed by atoms with E-state index in [9.17, 15) is 14.7 Å². The van der Waals surface area contributed by atoms with Crippen molar-refractivity contribution in [3.63, 3.8) is 0 Å². The summed E-state index contributed by atoms with van der Waals surface area (Å²) in [6, 6.07) is 6.72. The molecule has 2 aliphatic heterocycles. The number of rotatable bonds is 3. The third kappa shape index (κ3) is 2.92. The zero-order valence-corrected chi connectivity index (χ0v) is 12.4. The molecular weight excluding hydrogens is 284 g/mol. The van der Waals surface area contributed by atoms with Gasteiger partial charge in [0.15, 0.2) is 0 Å². The minimum atomic E-state index is -0.921. The molecule has 0 aliphatic carbocycles. The molecule has 0 spiro atoms. The van der Waals surface area contributed by atoms with Crippen LogP contribution in [0.25, 0.3) is 0 Å². The number of hydrogen-bond acceptors (Lipinski definition) is 4. The van der Waals surface area contributed by atoms with Crippen LogP contribution in [0.4, 0.5) is 5.69 Å². The molecule has 2 saturated heterocycles. The van der Waals surface area contributed by atoms with Gasteiger partial charge in [-0.3, -0.25) is 4.79 Å². The highest BCUT2D eigenvalue weighted by atomic mass is 16.5. The highest BCUT2D eigenvalue weighted by Gasteiger charge is 2.34. The number of carboxylic acid groups (broad SMARTS) is 1. The number of aliphatic carboxylic acids is 1. The van der Waals surface area contributed by atoms with Crippen LogP contribution in [0.3, 0.4) is 0 Å². The Morgan fingerprint density at radius 1 is 1.09 bits per heavy atom. The fourth-order valence-corrected chi connectivity index (χ4v) is 3.07. The van der Waals surface area contributed by atoms with E-state index in [1.54, 1.807) is 12.1 Å². The number of likely N-dealkylation sites (tertiary alicyclic amines) is 1. The molecule has 22 heavy (non-hydrogen) atoms. The fraction of sp³-hybridized carbons (Fsp3) is 0.500. The number of ether oxygens (including phenoxy) is 1. The monoisotopic (exact) mass is 304 g/mol. The van der Waals surface area contributed by atoms with Crippen LogP contribution in [0.15, 0.2) is 24.3 Å². The first-order valence-electron chi connectivity index (χ1n) is 7.63. The van der Waals surface area contributed by atoms with E-state index in [2.05, 4.69) is 4.90 Å². The maximum Gasteiger partial charge on any atom is 0.326 e. The Balaban J connectivity index is 1.72. The first kappa shape index (κ1) is 14.8. The predicted molar refractivity (Wildman–Crippen MR) is 81.2 cm³/mol. The van der Waals surface area contributed by atoms with E-state index >= 15 is 0 Å². The number of benzene rings is 1. The molecule has 2 aliphatic rings. The second-order valence-electron chi connectivity index (χ2n) is 5.64. The number of carboxylic acids is 1. The van der Waals surface area contributed by atoms with Gasteiger partial charge >= 0.3 is 5.97 Å². The number of hydrogen-bond donors (Lipinski definition) is 1. The summed E-state index contributed by atoms with van der Waals surface area (Å²) in [5, 5.41) is 9.18. The quantitative estimate of drug-likeness (QED) is 0.909. The lowest BCUT2D eigenvalue weighted by Crippen LogP contribution is -2.40. The Labute approximate surface area is 129 Å². The molecule has 6 heteroatoms. The van der Waals surface area contributed by atoms with Gasteiger partial charge in [0.2, 0.25) is 0 Å². The number of carbonyl (C=O) groups is 2. The zero-order valence-electron chi connectivity index (χ0n) is 12.4. The SMILES string of the molecule is O=C(O)C1CCCN1C(=O)c1ccc(N2CCOCC2)cc1. The molecular formula is C16H20N2O4. The van der Waals surface area contributed by atoms with E-state index in [1.165, 1.54) is 4.90 Å². The number of nitrogens with zero attached hydrogens (tertiary/aromatic N) is 2. The van der Waals surface area contributed by atoms with Crippen molar-refractivity contribution < 1.29 is 19.4 Å². The lowest BCUT2D eigenvalue weighted by molar-refractivity contribution is -0.141. The largest absolute Gasteiger partial charge is 0.480 e. The van der Waals surface area contributed by atoms with Crippen molar-refractivity contribution in [2.45, 2.75) is 18.9 Å². The molecule has 1 atom stereocenters. The van der Waals surface area contributed by atoms with Gasteiger partial charge in [0, 0.05) is 30.9 Å². The van der Waals surface area contributed by atoms with E-state index in [0.717, 1.165) is 38.4 Å². The summed E-state index contributed by atoms with van der Waals surface area (Å²) in [6.07, 6.45) is 1.28. The van der Waals surface area contributed by atoms with Gasteiger partial charge in [0.1, 0.15) is 6.04 Å². The summed E-state index contributed by atoms with van der Waals surface area (Å²) in [4.78, 5) is 27.4. The highest BCUT2D eigenvalue weighted by Crippen LogP contribution is 2.22. The Morgan fingerprint density at radius 3 is 2.41 bits per heavy atom. The van der Waals surface area contributed by atoms with Crippen LogP contribution in [-0.2, 0) is 9.53 Å². The molecule has 1 unspecified atom stereocenters. The molecule has 3 rings (SSSR count). The number of morpholine rings is 1. The molecule has 118 valence electrons. The van der Waals surface area contributed by atoms with Crippen LogP contribution in [0, 0.1) is 0 Å². The van der Waals surface area contributed by atoms with Crippen molar-refractivity contribution in [3.05, 3.63) is 29.8 Å². The summed E-state index contributed by atoms with van der Waals surface area (Å²) in [5.74, 6) is -1.12. The Morgan fingerprint density at radius 2 is 1.77 bits per heavy atom. The third-order valence-corrected chi connectivity index (χ3v) is 4.29. The van der Waals surface area contributed by atoms with E-state index < -0.39 is 12.0 Å². The van der Waals surface area contributed by atoms with Crippen LogP contribution in [0.2, 0.25) is 0 Å². The molecule has 2 heterocycles. The third-order valence-electron chi connectivity index (χ3n) is 4.29. The molecule has 1 N–H and O–H groups in total. The van der Waals surface area contributed by atoms with Gasteiger partial charge in [-0.15, -0.1) is 0 Å². The van der Waals surface area contributed by atoms with Crippen LogP contribution >= 0.6 is 0 Å². The lowest BCUT2D eigenvalue weighted by atomic mass is 10.1. The van der Waals surface area contributed by atoms with Gasteiger partial charge in [0.05, 0.1) is 13.2 Å². The molecule has 0 aromatic heterocycles. The lowest BCUT2D eigenvalue weighted by Gasteiger charge is -2.29. The summed E-state index contributed by atoms with van der Waals surface area (Å²) in [5.41, 5.74) is 1.61. The molecule has 6 nitrogen and oxygen atoms in total. The number of amides is 1. The van der Waals surface area contributed by atoms with E-state index in [4.69, 9.17) is 4.74 Å². The maximum atomic E-state index is 12.5. The number of carbonyl (C=O) groups excluding carboxylic acids is 1. The molecule has 0 bridgehead atoms.